The lowest BCUT2D eigenvalue weighted by Crippen LogP contribution is -2.44. The quantitative estimate of drug-likeness (QED) is 0.750. The van der Waals surface area contributed by atoms with Gasteiger partial charge in [0.1, 0.15) is 11.2 Å². The third-order valence-electron chi connectivity index (χ3n) is 4.18. The number of amides is 1. The Morgan fingerprint density at radius 2 is 1.96 bits per heavy atom. The Kier molecular flexibility index (Phi) is 6.25. The fraction of sp³-hybridized carbons (Fsp3) is 0.389. The zero-order valence-corrected chi connectivity index (χ0v) is 15.4. The molecule has 2 rings (SSSR count). The Bertz CT molecular complexity index is 725. The second-order valence-corrected chi connectivity index (χ2v) is 7.06. The molecule has 1 aromatic heterocycles. The number of carboxylic acid groups (broad SMARTS) is 1. The zero-order valence-electron chi connectivity index (χ0n) is 14.5. The van der Waals surface area contributed by atoms with Crippen LogP contribution in [0.1, 0.15) is 29.5 Å². The van der Waals surface area contributed by atoms with Crippen LogP contribution in [0, 0.1) is 13.8 Å². The molecule has 0 aliphatic rings. The molecule has 0 aliphatic heterocycles. The normalized spacial score (nSPS) is 13.2. The van der Waals surface area contributed by atoms with Gasteiger partial charge in [-0.05, 0) is 26.3 Å². The van der Waals surface area contributed by atoms with E-state index in [1.165, 1.54) is 11.8 Å². The molecule has 1 atom stereocenters. The molecule has 0 aliphatic carbocycles. The Labute approximate surface area is 151 Å². The second kappa shape index (κ2) is 8.20. The Morgan fingerprint density at radius 1 is 1.28 bits per heavy atom. The average molecular weight is 362 g/mol. The van der Waals surface area contributed by atoms with Crippen LogP contribution in [0.25, 0.3) is 0 Å². The van der Waals surface area contributed by atoms with Crippen LogP contribution in [0.5, 0.6) is 0 Å². The highest BCUT2D eigenvalue weighted by Crippen LogP contribution is 2.23. The van der Waals surface area contributed by atoms with E-state index in [0.717, 1.165) is 17.0 Å². The zero-order chi connectivity index (χ0) is 18.4. The molecule has 7 heteroatoms. The van der Waals surface area contributed by atoms with Crippen LogP contribution in [0.15, 0.2) is 34.9 Å². The van der Waals surface area contributed by atoms with Crippen molar-refractivity contribution >= 4 is 23.6 Å². The maximum absolute atomic E-state index is 12.1. The number of aliphatic carboxylic acids is 1. The Balaban J connectivity index is 1.88. The monoisotopic (exact) mass is 362 g/mol. The first-order valence-corrected chi connectivity index (χ1v) is 9.05. The molecule has 0 radical (unpaired) electrons. The predicted octanol–water partition coefficient (Wildman–Crippen LogP) is 2.68. The van der Waals surface area contributed by atoms with Crippen LogP contribution < -0.4 is 5.32 Å². The summed E-state index contributed by atoms with van der Waals surface area (Å²) in [4.78, 5) is 23.8. The molecule has 0 saturated heterocycles. The van der Waals surface area contributed by atoms with E-state index in [1.54, 1.807) is 31.2 Å². The SMILES string of the molecule is Cc1noc(C)c1CSCC(=O)NCC(C)(C(=O)O)c1ccccc1. The molecule has 2 N–H and O–H groups in total. The van der Waals surface area contributed by atoms with E-state index in [2.05, 4.69) is 10.5 Å². The van der Waals surface area contributed by atoms with Gasteiger partial charge in [0.2, 0.25) is 5.91 Å². The van der Waals surface area contributed by atoms with Gasteiger partial charge in [-0.25, -0.2) is 0 Å². The number of carbonyl (C=O) groups excluding carboxylic acids is 1. The lowest BCUT2D eigenvalue weighted by Gasteiger charge is -2.25. The average Bonchev–Trinajstić information content (AvgIpc) is 2.92. The van der Waals surface area contributed by atoms with Crippen LogP contribution in [0.2, 0.25) is 0 Å². The van der Waals surface area contributed by atoms with Crippen molar-refractivity contribution < 1.29 is 19.2 Å². The van der Waals surface area contributed by atoms with Crippen LogP contribution in [0.4, 0.5) is 0 Å². The molecule has 1 amide bonds. The molecule has 25 heavy (non-hydrogen) atoms. The van der Waals surface area contributed by atoms with Gasteiger partial charge in [0.25, 0.3) is 0 Å². The fourth-order valence-corrected chi connectivity index (χ4v) is 3.39. The Morgan fingerprint density at radius 3 is 2.52 bits per heavy atom. The van der Waals surface area contributed by atoms with E-state index in [9.17, 15) is 14.7 Å². The maximum atomic E-state index is 12.1. The molecular weight excluding hydrogens is 340 g/mol. The molecule has 0 spiro atoms. The molecule has 2 aromatic rings. The summed E-state index contributed by atoms with van der Waals surface area (Å²) in [7, 11) is 0. The van der Waals surface area contributed by atoms with Gasteiger partial charge >= 0.3 is 5.97 Å². The van der Waals surface area contributed by atoms with E-state index in [1.807, 2.05) is 19.9 Å². The molecule has 1 heterocycles. The summed E-state index contributed by atoms with van der Waals surface area (Å²) in [5, 5.41) is 16.2. The van der Waals surface area contributed by atoms with Crippen LogP contribution >= 0.6 is 11.8 Å². The topological polar surface area (TPSA) is 92.4 Å². The third-order valence-corrected chi connectivity index (χ3v) is 5.14. The minimum atomic E-state index is -1.16. The third kappa shape index (κ3) is 4.63. The van der Waals surface area contributed by atoms with E-state index in [0.29, 0.717) is 11.3 Å². The highest BCUT2D eigenvalue weighted by atomic mass is 32.2. The highest BCUT2D eigenvalue weighted by molar-refractivity contribution is 7.99. The number of rotatable bonds is 8. The lowest BCUT2D eigenvalue weighted by atomic mass is 9.82. The van der Waals surface area contributed by atoms with E-state index < -0.39 is 11.4 Å². The smallest absolute Gasteiger partial charge is 0.315 e. The standard InChI is InChI=1S/C18H22N2O4S/c1-12-15(13(2)24-20-12)9-25-10-16(21)19-11-18(3,17(22)23)14-7-5-4-6-8-14/h4-8H,9-11H2,1-3H3,(H,19,21)(H,22,23). The van der Waals surface area contributed by atoms with Gasteiger partial charge in [-0.2, -0.15) is 0 Å². The minimum absolute atomic E-state index is 0.0388. The fourth-order valence-electron chi connectivity index (χ4n) is 2.39. The Hall–Kier alpha value is -2.28. The number of aromatic nitrogens is 1. The lowest BCUT2D eigenvalue weighted by molar-refractivity contribution is -0.143. The number of nitrogens with zero attached hydrogens (tertiary/aromatic N) is 1. The molecule has 1 aromatic carbocycles. The largest absolute Gasteiger partial charge is 0.481 e. The summed E-state index contributed by atoms with van der Waals surface area (Å²) in [6.07, 6.45) is 0. The van der Waals surface area contributed by atoms with Crippen molar-refractivity contribution in [3.8, 4) is 0 Å². The van der Waals surface area contributed by atoms with E-state index in [-0.39, 0.29) is 18.2 Å². The molecule has 0 bridgehead atoms. The number of nitrogens with one attached hydrogen (secondary N) is 1. The van der Waals surface area contributed by atoms with Gasteiger partial charge in [0.15, 0.2) is 0 Å². The van der Waals surface area contributed by atoms with Gasteiger partial charge < -0.3 is 14.9 Å². The summed E-state index contributed by atoms with van der Waals surface area (Å²) >= 11 is 1.44. The van der Waals surface area contributed by atoms with Crippen molar-refractivity contribution in [2.45, 2.75) is 31.9 Å². The summed E-state index contributed by atoms with van der Waals surface area (Å²) in [6, 6.07) is 8.92. The van der Waals surface area contributed by atoms with E-state index >= 15 is 0 Å². The first-order valence-electron chi connectivity index (χ1n) is 7.89. The number of thioether (sulfide) groups is 1. The van der Waals surface area contributed by atoms with Gasteiger partial charge in [-0.3, -0.25) is 9.59 Å². The van der Waals surface area contributed by atoms with E-state index in [4.69, 9.17) is 4.52 Å². The van der Waals surface area contributed by atoms with Crippen molar-refractivity contribution in [3.05, 3.63) is 52.9 Å². The first-order chi connectivity index (χ1) is 11.8. The molecule has 6 nitrogen and oxygen atoms in total. The highest BCUT2D eigenvalue weighted by Gasteiger charge is 2.35. The number of carboxylic acids is 1. The molecule has 1 unspecified atom stereocenters. The minimum Gasteiger partial charge on any atom is -0.481 e. The molecule has 0 saturated carbocycles. The number of benzene rings is 1. The first kappa shape index (κ1) is 19.1. The van der Waals surface area contributed by atoms with Crippen LogP contribution in [0.3, 0.4) is 0 Å². The number of hydrogen-bond acceptors (Lipinski definition) is 5. The summed E-state index contributed by atoms with van der Waals surface area (Å²) in [5.74, 6) is 0.466. The predicted molar refractivity (Wildman–Crippen MR) is 96.6 cm³/mol. The number of hydrogen-bond donors (Lipinski definition) is 2. The van der Waals surface area contributed by atoms with Crippen molar-refractivity contribution in [2.75, 3.05) is 12.3 Å². The van der Waals surface area contributed by atoms with Gasteiger partial charge in [0.05, 0.1) is 11.4 Å². The summed E-state index contributed by atoms with van der Waals surface area (Å²) < 4.78 is 5.09. The van der Waals surface area contributed by atoms with Gasteiger partial charge in [-0.15, -0.1) is 11.8 Å². The molecule has 134 valence electrons. The maximum Gasteiger partial charge on any atom is 0.315 e. The number of carbonyl (C=O) groups is 2. The number of aryl methyl sites for hydroxylation is 2. The summed E-state index contributed by atoms with van der Waals surface area (Å²) in [5.41, 5.74) is 1.32. The van der Waals surface area contributed by atoms with Crippen molar-refractivity contribution in [1.29, 1.82) is 0 Å². The summed E-state index contributed by atoms with van der Waals surface area (Å²) in [6.45, 7) is 5.36. The molecular formula is C18H22N2O4S. The molecule has 0 fully saturated rings. The van der Waals surface area contributed by atoms with Crippen molar-refractivity contribution in [2.24, 2.45) is 0 Å². The van der Waals surface area contributed by atoms with Gasteiger partial charge in [-0.1, -0.05) is 35.5 Å². The van der Waals surface area contributed by atoms with Crippen LogP contribution in [-0.2, 0) is 20.8 Å². The van der Waals surface area contributed by atoms with Crippen LogP contribution in [-0.4, -0.2) is 34.4 Å². The van der Waals surface area contributed by atoms with Gasteiger partial charge in [0, 0.05) is 17.9 Å². The second-order valence-electron chi connectivity index (χ2n) is 6.08. The van der Waals surface area contributed by atoms with Crippen molar-refractivity contribution in [3.63, 3.8) is 0 Å². The van der Waals surface area contributed by atoms with Crippen molar-refractivity contribution in [1.82, 2.24) is 10.5 Å².